The number of hydrogen-bond acceptors (Lipinski definition) is 8. The number of hydrogen-bond donors (Lipinski definition) is 1. The van der Waals surface area contributed by atoms with Crippen molar-refractivity contribution >= 4 is 6.09 Å². The largest absolute Gasteiger partial charge is 0.490 e. The molecule has 9 heteroatoms. The van der Waals surface area contributed by atoms with E-state index in [-0.39, 0.29) is 25.3 Å². The van der Waals surface area contributed by atoms with Crippen molar-refractivity contribution in [2.45, 2.75) is 65.2 Å². The third kappa shape index (κ3) is 5.75. The molecule has 1 atom stereocenters. The topological polar surface area (TPSA) is 122 Å². The zero-order valence-corrected chi connectivity index (χ0v) is 21.8. The predicted molar refractivity (Wildman–Crippen MR) is 137 cm³/mol. The summed E-state index contributed by atoms with van der Waals surface area (Å²) in [5, 5.41) is 23.4. The maximum Gasteiger partial charge on any atom is 0.410 e. The van der Waals surface area contributed by atoms with Crippen LogP contribution in [0.2, 0.25) is 0 Å². The standard InChI is InChI=1S/C28H32N4O5/c1-17(2)35-24-12-9-18(15-19(24)16-29)26-30-25(31-37-26)22-8-6-7-21-20(22)10-11-23(21)32(13-14-33)27(34)36-28(3,4)5/h6-9,12,15,17,23,33H,10-11,13-14H2,1-5H3/t23-/m1/s1. The number of amides is 1. The Kier molecular flexibility index (Phi) is 7.50. The molecule has 1 aliphatic rings. The minimum Gasteiger partial charge on any atom is -0.490 e. The number of benzene rings is 2. The van der Waals surface area contributed by atoms with Gasteiger partial charge in [0.25, 0.3) is 5.89 Å². The highest BCUT2D eigenvalue weighted by atomic mass is 16.6. The van der Waals surface area contributed by atoms with Crippen molar-refractivity contribution in [2.75, 3.05) is 13.2 Å². The molecule has 0 fully saturated rings. The van der Waals surface area contributed by atoms with Gasteiger partial charge in [-0.05, 0) is 76.8 Å². The Balaban J connectivity index is 1.63. The molecule has 1 N–H and O–H groups in total. The van der Waals surface area contributed by atoms with E-state index in [9.17, 15) is 15.2 Å². The summed E-state index contributed by atoms with van der Waals surface area (Å²) in [4.78, 5) is 19.1. The maximum absolute atomic E-state index is 12.9. The number of ether oxygens (including phenoxy) is 2. The summed E-state index contributed by atoms with van der Waals surface area (Å²) in [6.07, 6.45) is 0.898. The van der Waals surface area contributed by atoms with Crippen molar-refractivity contribution in [3.05, 3.63) is 53.1 Å². The number of aliphatic hydroxyl groups excluding tert-OH is 1. The van der Waals surface area contributed by atoms with Gasteiger partial charge in [0, 0.05) is 17.7 Å². The quantitative estimate of drug-likeness (QED) is 0.461. The van der Waals surface area contributed by atoms with Gasteiger partial charge in [0.15, 0.2) is 0 Å². The fourth-order valence-corrected chi connectivity index (χ4v) is 4.53. The second kappa shape index (κ2) is 10.6. The van der Waals surface area contributed by atoms with Crippen LogP contribution in [0.15, 0.2) is 40.9 Å². The molecule has 0 spiro atoms. The minimum atomic E-state index is -0.639. The second-order valence-electron chi connectivity index (χ2n) is 10.2. The monoisotopic (exact) mass is 504 g/mol. The third-order valence-corrected chi connectivity index (χ3v) is 5.96. The number of aromatic nitrogens is 2. The molecule has 2 aromatic carbocycles. The molecular weight excluding hydrogens is 472 g/mol. The van der Waals surface area contributed by atoms with E-state index in [1.807, 2.05) is 52.8 Å². The summed E-state index contributed by atoms with van der Waals surface area (Å²) in [5.41, 5.74) is 3.20. The van der Waals surface area contributed by atoms with Crippen LogP contribution in [0.5, 0.6) is 5.75 Å². The Morgan fingerprint density at radius 2 is 2.08 bits per heavy atom. The van der Waals surface area contributed by atoms with Crippen molar-refractivity contribution in [1.82, 2.24) is 15.0 Å². The lowest BCUT2D eigenvalue weighted by Gasteiger charge is -2.31. The van der Waals surface area contributed by atoms with E-state index in [0.29, 0.717) is 41.4 Å². The van der Waals surface area contributed by atoms with Gasteiger partial charge in [-0.1, -0.05) is 23.4 Å². The highest BCUT2D eigenvalue weighted by Gasteiger charge is 2.35. The summed E-state index contributed by atoms with van der Waals surface area (Å²) in [7, 11) is 0. The number of aliphatic hydroxyl groups is 1. The molecule has 1 heterocycles. The molecule has 0 radical (unpaired) electrons. The van der Waals surface area contributed by atoms with Crippen LogP contribution < -0.4 is 4.74 Å². The first-order valence-corrected chi connectivity index (χ1v) is 12.4. The Morgan fingerprint density at radius 1 is 1.30 bits per heavy atom. The molecule has 0 bridgehead atoms. The molecule has 0 unspecified atom stereocenters. The Morgan fingerprint density at radius 3 is 2.76 bits per heavy atom. The summed E-state index contributed by atoms with van der Waals surface area (Å²) in [5.74, 6) is 1.23. The Bertz CT molecular complexity index is 1320. The minimum absolute atomic E-state index is 0.0550. The van der Waals surface area contributed by atoms with Crippen LogP contribution in [0.4, 0.5) is 4.79 Å². The Hall–Kier alpha value is -3.90. The zero-order chi connectivity index (χ0) is 26.7. The van der Waals surface area contributed by atoms with Gasteiger partial charge in [-0.25, -0.2) is 4.79 Å². The number of nitriles is 1. The average Bonchev–Trinajstić information content (AvgIpc) is 3.49. The number of nitrogens with zero attached hydrogens (tertiary/aromatic N) is 4. The first-order chi connectivity index (χ1) is 17.6. The fourth-order valence-electron chi connectivity index (χ4n) is 4.53. The number of carbonyl (C=O) groups excluding carboxylic acids is 1. The summed E-state index contributed by atoms with van der Waals surface area (Å²) >= 11 is 0. The van der Waals surface area contributed by atoms with Gasteiger partial charge >= 0.3 is 6.09 Å². The van der Waals surface area contributed by atoms with Gasteiger partial charge in [-0.2, -0.15) is 10.2 Å². The van der Waals surface area contributed by atoms with E-state index in [2.05, 4.69) is 16.2 Å². The molecule has 4 rings (SSSR count). The number of carbonyl (C=O) groups is 1. The smallest absolute Gasteiger partial charge is 0.410 e. The van der Waals surface area contributed by atoms with E-state index >= 15 is 0 Å². The highest BCUT2D eigenvalue weighted by molar-refractivity contribution is 5.71. The molecule has 1 aliphatic carbocycles. The van der Waals surface area contributed by atoms with Crippen molar-refractivity contribution in [2.24, 2.45) is 0 Å². The molecule has 9 nitrogen and oxygen atoms in total. The van der Waals surface area contributed by atoms with Crippen LogP contribution >= 0.6 is 0 Å². The van der Waals surface area contributed by atoms with E-state index < -0.39 is 11.7 Å². The highest BCUT2D eigenvalue weighted by Crippen LogP contribution is 2.41. The van der Waals surface area contributed by atoms with Crippen molar-refractivity contribution in [3.63, 3.8) is 0 Å². The number of rotatable bonds is 7. The van der Waals surface area contributed by atoms with E-state index in [4.69, 9.17) is 14.0 Å². The van der Waals surface area contributed by atoms with Crippen molar-refractivity contribution in [3.8, 4) is 34.7 Å². The molecular formula is C28H32N4O5. The first kappa shape index (κ1) is 26.2. The summed E-state index contributed by atoms with van der Waals surface area (Å²) in [6, 6.07) is 12.9. The summed E-state index contributed by atoms with van der Waals surface area (Å²) < 4.78 is 16.9. The maximum atomic E-state index is 12.9. The van der Waals surface area contributed by atoms with E-state index in [1.54, 1.807) is 23.1 Å². The van der Waals surface area contributed by atoms with Gasteiger partial charge in [-0.3, -0.25) is 4.90 Å². The SMILES string of the molecule is CC(C)Oc1ccc(-c2nc(-c3cccc4c3CC[C@H]4N(CCO)C(=O)OC(C)(C)C)no2)cc1C#N. The normalized spacial score (nSPS) is 14.8. The fraction of sp³-hybridized carbons (Fsp3) is 0.429. The lowest BCUT2D eigenvalue weighted by molar-refractivity contribution is 0.0120. The zero-order valence-electron chi connectivity index (χ0n) is 21.8. The van der Waals surface area contributed by atoms with Gasteiger partial charge in [0.2, 0.25) is 5.82 Å². The van der Waals surface area contributed by atoms with E-state index in [0.717, 1.165) is 16.7 Å². The average molecular weight is 505 g/mol. The van der Waals surface area contributed by atoms with Gasteiger partial charge in [0.1, 0.15) is 17.4 Å². The predicted octanol–water partition coefficient (Wildman–Crippen LogP) is 5.28. The third-order valence-electron chi connectivity index (χ3n) is 5.96. The lowest BCUT2D eigenvalue weighted by atomic mass is 10.0. The first-order valence-electron chi connectivity index (χ1n) is 12.4. The molecule has 0 saturated carbocycles. The van der Waals surface area contributed by atoms with Crippen LogP contribution in [0, 0.1) is 11.3 Å². The van der Waals surface area contributed by atoms with Crippen LogP contribution in [0.25, 0.3) is 22.8 Å². The van der Waals surface area contributed by atoms with Crippen LogP contribution in [0.3, 0.4) is 0 Å². The second-order valence-corrected chi connectivity index (χ2v) is 10.2. The van der Waals surface area contributed by atoms with Crippen molar-refractivity contribution in [1.29, 1.82) is 5.26 Å². The van der Waals surface area contributed by atoms with Crippen LogP contribution in [-0.4, -0.2) is 51.1 Å². The van der Waals surface area contributed by atoms with Gasteiger partial charge in [-0.15, -0.1) is 0 Å². The van der Waals surface area contributed by atoms with Gasteiger partial charge in [0.05, 0.1) is 24.3 Å². The molecule has 0 saturated heterocycles. The van der Waals surface area contributed by atoms with E-state index in [1.165, 1.54) is 0 Å². The lowest BCUT2D eigenvalue weighted by Crippen LogP contribution is -2.40. The van der Waals surface area contributed by atoms with Gasteiger partial charge < -0.3 is 19.1 Å². The van der Waals surface area contributed by atoms with Crippen LogP contribution in [0.1, 0.15) is 63.8 Å². The van der Waals surface area contributed by atoms with Crippen LogP contribution in [-0.2, 0) is 11.2 Å². The molecule has 0 aliphatic heterocycles. The Labute approximate surface area is 216 Å². The molecule has 37 heavy (non-hydrogen) atoms. The number of fused-ring (bicyclic) bond motifs is 1. The summed E-state index contributed by atoms with van der Waals surface area (Å²) in [6.45, 7) is 9.28. The molecule has 3 aromatic rings. The molecule has 1 amide bonds. The van der Waals surface area contributed by atoms with Crippen molar-refractivity contribution < 1.29 is 23.9 Å². The molecule has 194 valence electrons. The molecule has 1 aromatic heterocycles.